The Hall–Kier alpha value is -1.09. The van der Waals surface area contributed by atoms with E-state index >= 15 is 0 Å². The Balaban J connectivity index is 1.96. The number of carbonyl (C=O) groups is 2. The Bertz CT molecular complexity index is 571. The van der Waals surface area contributed by atoms with E-state index in [1.54, 1.807) is 0 Å². The van der Waals surface area contributed by atoms with E-state index in [-0.39, 0.29) is 30.0 Å². The van der Waals surface area contributed by atoms with Crippen LogP contribution in [0.15, 0.2) is 0 Å². The first-order valence-corrected chi connectivity index (χ1v) is 8.50. The number of halogens is 2. The molecular weight excluding hydrogens is 322 g/mol. The molecule has 4 unspecified atom stereocenters. The average molecular weight is 340 g/mol. The lowest BCUT2D eigenvalue weighted by Crippen LogP contribution is -2.41. The first kappa shape index (κ1) is 17.3. The number of ketones is 1. The highest BCUT2D eigenvalue weighted by Crippen LogP contribution is 2.43. The molecule has 0 aliphatic heterocycles. The fourth-order valence-corrected chi connectivity index (χ4v) is 3.63. The minimum Gasteiger partial charge on any atom is -0.458 e. The highest BCUT2D eigenvalue weighted by molar-refractivity contribution is 7.86. The molecule has 0 amide bonds. The summed E-state index contributed by atoms with van der Waals surface area (Å²) in [5.74, 6) is -1.69. The third-order valence-electron chi connectivity index (χ3n) is 4.47. The van der Waals surface area contributed by atoms with Crippen molar-refractivity contribution in [1.82, 2.24) is 0 Å². The van der Waals surface area contributed by atoms with Crippen LogP contribution in [0.2, 0.25) is 0 Å². The van der Waals surface area contributed by atoms with Crippen LogP contribution in [0.1, 0.15) is 32.6 Å². The first-order valence-electron chi connectivity index (χ1n) is 7.06. The second kappa shape index (κ2) is 5.84. The monoisotopic (exact) mass is 340 g/mol. The predicted octanol–water partition coefficient (Wildman–Crippen LogP) is 1.65. The van der Waals surface area contributed by atoms with Crippen LogP contribution in [0.25, 0.3) is 0 Å². The molecule has 2 aliphatic carbocycles. The summed E-state index contributed by atoms with van der Waals surface area (Å²) in [7, 11) is -5.62. The number of alkyl halides is 2. The molecule has 6 nitrogen and oxygen atoms in total. The third-order valence-corrected chi connectivity index (χ3v) is 5.35. The molecule has 0 heterocycles. The van der Waals surface area contributed by atoms with E-state index in [9.17, 15) is 26.8 Å². The minimum atomic E-state index is -5.62. The molecule has 9 heteroatoms. The molecule has 4 atom stereocenters. The van der Waals surface area contributed by atoms with E-state index in [1.807, 2.05) is 6.92 Å². The van der Waals surface area contributed by atoms with Gasteiger partial charge < -0.3 is 4.74 Å². The van der Waals surface area contributed by atoms with Crippen LogP contribution < -0.4 is 0 Å². The van der Waals surface area contributed by atoms with Crippen molar-refractivity contribution in [1.29, 1.82) is 0 Å². The minimum absolute atomic E-state index is 0.0513. The van der Waals surface area contributed by atoms with Gasteiger partial charge in [0.15, 0.2) is 6.61 Å². The summed E-state index contributed by atoms with van der Waals surface area (Å²) < 4.78 is 59.7. The molecule has 2 bridgehead atoms. The quantitative estimate of drug-likeness (QED) is 0.617. The van der Waals surface area contributed by atoms with Crippen LogP contribution >= 0.6 is 0 Å². The Morgan fingerprint density at radius 2 is 1.95 bits per heavy atom. The molecule has 22 heavy (non-hydrogen) atoms. The van der Waals surface area contributed by atoms with Gasteiger partial charge in [-0.05, 0) is 31.6 Å². The lowest BCUT2D eigenvalue weighted by molar-refractivity contribution is -0.158. The number of hydrogen-bond acceptors (Lipinski definition) is 5. The van der Waals surface area contributed by atoms with Gasteiger partial charge in [0, 0.05) is 11.8 Å². The highest BCUT2D eigenvalue weighted by atomic mass is 32.2. The summed E-state index contributed by atoms with van der Waals surface area (Å²) in [5.41, 5.74) is 0. The maximum Gasteiger partial charge on any atom is 0.402 e. The lowest BCUT2D eigenvalue weighted by atomic mass is 9.64. The summed E-state index contributed by atoms with van der Waals surface area (Å²) >= 11 is 0. The van der Waals surface area contributed by atoms with Crippen LogP contribution in [0, 0.1) is 23.7 Å². The third kappa shape index (κ3) is 3.45. The number of carbonyl (C=O) groups excluding carboxylic acids is 2. The van der Waals surface area contributed by atoms with Crippen molar-refractivity contribution in [2.24, 2.45) is 23.7 Å². The molecule has 2 rings (SSSR count). The normalized spacial score (nSPS) is 32.6. The molecular formula is C13H18F2O6S. The zero-order valence-corrected chi connectivity index (χ0v) is 12.8. The Labute approximate surface area is 127 Å². The number of fused-ring (bicyclic) bond motifs is 2. The second-order valence-corrected chi connectivity index (χ2v) is 7.77. The van der Waals surface area contributed by atoms with Gasteiger partial charge in [-0.2, -0.15) is 17.2 Å². The highest BCUT2D eigenvalue weighted by Gasteiger charge is 2.47. The maximum absolute atomic E-state index is 13.0. The van der Waals surface area contributed by atoms with E-state index < -0.39 is 33.9 Å². The molecule has 0 spiro atoms. The van der Waals surface area contributed by atoms with Crippen LogP contribution in [-0.4, -0.2) is 36.6 Å². The van der Waals surface area contributed by atoms with E-state index in [0.717, 1.165) is 0 Å². The van der Waals surface area contributed by atoms with E-state index in [4.69, 9.17) is 4.55 Å². The van der Waals surface area contributed by atoms with Crippen molar-refractivity contribution in [2.45, 2.75) is 37.9 Å². The van der Waals surface area contributed by atoms with Crippen LogP contribution in [0.5, 0.6) is 0 Å². The van der Waals surface area contributed by atoms with Gasteiger partial charge in [0.25, 0.3) is 0 Å². The topological polar surface area (TPSA) is 97.7 Å². The lowest BCUT2D eigenvalue weighted by Gasteiger charge is -2.39. The first-order chi connectivity index (χ1) is 10.0. The van der Waals surface area contributed by atoms with Gasteiger partial charge >= 0.3 is 21.3 Å². The second-order valence-electron chi connectivity index (χ2n) is 6.23. The van der Waals surface area contributed by atoms with Gasteiger partial charge in [0.05, 0.1) is 5.92 Å². The number of rotatable bonds is 4. The number of ether oxygens (including phenoxy) is 1. The smallest absolute Gasteiger partial charge is 0.402 e. The Kier molecular flexibility index (Phi) is 4.59. The summed E-state index contributed by atoms with van der Waals surface area (Å²) in [4.78, 5) is 23.8. The molecule has 2 aliphatic rings. The SMILES string of the molecule is CC1CC2CC(C(=O)OCC(F)(F)S(=O)(=O)O)CC(C2)C1=O. The molecule has 0 aromatic rings. The van der Waals surface area contributed by atoms with Crippen LogP contribution in [0.3, 0.4) is 0 Å². The fraction of sp³-hybridized carbons (Fsp3) is 0.846. The molecule has 2 saturated carbocycles. The van der Waals surface area contributed by atoms with E-state index in [2.05, 4.69) is 4.74 Å². The summed E-state index contributed by atoms with van der Waals surface area (Å²) in [6, 6.07) is 0. The Morgan fingerprint density at radius 1 is 1.32 bits per heavy atom. The summed E-state index contributed by atoms with van der Waals surface area (Å²) in [6.07, 6.45) is 2.06. The summed E-state index contributed by atoms with van der Waals surface area (Å²) in [6.45, 7) is 0.119. The van der Waals surface area contributed by atoms with Crippen LogP contribution in [0.4, 0.5) is 8.78 Å². The van der Waals surface area contributed by atoms with Gasteiger partial charge in [0.1, 0.15) is 5.78 Å². The van der Waals surface area contributed by atoms with Gasteiger partial charge in [-0.25, -0.2) is 0 Å². The number of Topliss-reactive ketones (excluding diaryl/α,β-unsaturated/α-hetero) is 1. The zero-order chi connectivity index (χ0) is 16.7. The molecule has 1 N–H and O–H groups in total. The van der Waals surface area contributed by atoms with Gasteiger partial charge in [0.2, 0.25) is 0 Å². The fourth-order valence-electron chi connectivity index (χ4n) is 3.42. The van der Waals surface area contributed by atoms with Gasteiger partial charge in [-0.3, -0.25) is 14.1 Å². The summed E-state index contributed by atoms with van der Waals surface area (Å²) in [5, 5.41) is -4.53. The molecule has 0 aromatic carbocycles. The van der Waals surface area contributed by atoms with Crippen molar-refractivity contribution < 1.29 is 36.1 Å². The molecule has 0 radical (unpaired) electrons. The average Bonchev–Trinajstić information content (AvgIpc) is 2.41. The van der Waals surface area contributed by atoms with Crippen molar-refractivity contribution in [3.8, 4) is 0 Å². The number of esters is 1. The van der Waals surface area contributed by atoms with E-state index in [1.165, 1.54) is 0 Å². The van der Waals surface area contributed by atoms with Gasteiger partial charge in [-0.1, -0.05) is 6.92 Å². The van der Waals surface area contributed by atoms with E-state index in [0.29, 0.717) is 19.3 Å². The molecule has 2 fully saturated rings. The van der Waals surface area contributed by atoms with Crippen molar-refractivity contribution in [3.05, 3.63) is 0 Å². The maximum atomic E-state index is 13.0. The standard InChI is InChI=1S/C13H18F2O6S/c1-7-2-8-3-9(11(7)16)5-10(4-8)12(17)21-6-13(14,15)22(18,19)20/h7-10H,2-6H2,1H3,(H,18,19,20). The van der Waals surface area contributed by atoms with Crippen molar-refractivity contribution >= 4 is 21.9 Å². The zero-order valence-electron chi connectivity index (χ0n) is 12.0. The van der Waals surface area contributed by atoms with Crippen molar-refractivity contribution in [3.63, 3.8) is 0 Å². The van der Waals surface area contributed by atoms with Crippen LogP contribution in [-0.2, 0) is 24.4 Å². The molecule has 0 aromatic heterocycles. The number of hydrogen-bond donors (Lipinski definition) is 1. The largest absolute Gasteiger partial charge is 0.458 e. The predicted molar refractivity (Wildman–Crippen MR) is 70.6 cm³/mol. The Morgan fingerprint density at radius 3 is 2.55 bits per heavy atom. The molecule has 0 saturated heterocycles. The molecule has 126 valence electrons. The van der Waals surface area contributed by atoms with Crippen molar-refractivity contribution in [2.75, 3.05) is 6.61 Å². The van der Waals surface area contributed by atoms with Gasteiger partial charge in [-0.15, -0.1) is 0 Å².